The third-order valence-corrected chi connectivity index (χ3v) is 4.32. The zero-order valence-corrected chi connectivity index (χ0v) is 13.4. The monoisotopic (exact) mass is 327 g/mol. The van der Waals surface area contributed by atoms with E-state index in [1.54, 1.807) is 16.8 Å². The van der Waals surface area contributed by atoms with Gasteiger partial charge in [0.25, 0.3) is 0 Å². The summed E-state index contributed by atoms with van der Waals surface area (Å²) in [7, 11) is 0. The number of halogens is 1. The summed E-state index contributed by atoms with van der Waals surface area (Å²) in [6.45, 7) is 3.07. The number of benzene rings is 1. The van der Waals surface area contributed by atoms with Crippen molar-refractivity contribution in [2.75, 3.05) is 6.61 Å². The Bertz CT molecular complexity index is 957. The molecule has 3 aromatic rings. The predicted octanol–water partition coefficient (Wildman–Crippen LogP) is 3.34. The van der Waals surface area contributed by atoms with Crippen LogP contribution in [0.15, 0.2) is 35.3 Å². The third kappa shape index (κ3) is 2.68. The van der Waals surface area contributed by atoms with E-state index in [0.29, 0.717) is 36.0 Å². The number of ether oxygens (including phenoxy) is 1. The molecule has 2 aromatic heterocycles. The van der Waals surface area contributed by atoms with Crippen molar-refractivity contribution in [2.24, 2.45) is 5.92 Å². The van der Waals surface area contributed by atoms with Gasteiger partial charge in [0.1, 0.15) is 11.6 Å². The van der Waals surface area contributed by atoms with Gasteiger partial charge in [0.2, 0.25) is 0 Å². The van der Waals surface area contributed by atoms with Crippen molar-refractivity contribution in [3.63, 3.8) is 0 Å². The highest BCUT2D eigenvalue weighted by molar-refractivity contribution is 5.80. The minimum atomic E-state index is -0.335. The van der Waals surface area contributed by atoms with Gasteiger partial charge in [-0.25, -0.2) is 14.2 Å². The molecule has 1 aromatic carbocycles. The molecule has 0 amide bonds. The van der Waals surface area contributed by atoms with Gasteiger partial charge in [0.05, 0.1) is 12.1 Å². The van der Waals surface area contributed by atoms with Crippen molar-refractivity contribution >= 4 is 11.2 Å². The van der Waals surface area contributed by atoms with Crippen LogP contribution in [0.5, 0.6) is 5.75 Å². The van der Waals surface area contributed by atoms with Gasteiger partial charge < -0.3 is 4.74 Å². The van der Waals surface area contributed by atoms with Crippen molar-refractivity contribution in [3.8, 4) is 16.9 Å². The molecule has 0 unspecified atom stereocenters. The quantitative estimate of drug-likeness (QED) is 0.782. The first-order valence-corrected chi connectivity index (χ1v) is 8.17. The Morgan fingerprint density at radius 1 is 1.38 bits per heavy atom. The Balaban J connectivity index is 1.85. The molecule has 4 rings (SSSR count). The molecule has 0 radical (unpaired) electrons. The highest BCUT2D eigenvalue weighted by Crippen LogP contribution is 2.33. The molecule has 6 heteroatoms. The second-order valence-electron chi connectivity index (χ2n) is 6.15. The average molecular weight is 327 g/mol. The number of hydrogen-bond acceptors (Lipinski definition) is 3. The smallest absolute Gasteiger partial charge is 0.327 e. The minimum Gasteiger partial charge on any atom is -0.493 e. The Hall–Kier alpha value is -2.63. The number of fused-ring (bicyclic) bond motifs is 1. The number of pyridine rings is 1. The SMILES string of the molecule is CCOc1ccc(F)cc1-c1cnc2[nH]c(=O)n(CC3CC3)c2c1. The molecule has 2 heterocycles. The predicted molar refractivity (Wildman–Crippen MR) is 89.6 cm³/mol. The second-order valence-corrected chi connectivity index (χ2v) is 6.15. The maximum Gasteiger partial charge on any atom is 0.327 e. The second kappa shape index (κ2) is 5.78. The fraction of sp³-hybridized carbons (Fsp3) is 0.333. The molecule has 1 aliphatic rings. The highest BCUT2D eigenvalue weighted by atomic mass is 19.1. The van der Waals surface area contributed by atoms with E-state index in [0.717, 1.165) is 23.9 Å². The zero-order chi connectivity index (χ0) is 16.7. The lowest BCUT2D eigenvalue weighted by atomic mass is 10.1. The van der Waals surface area contributed by atoms with Crippen LogP contribution >= 0.6 is 0 Å². The maximum atomic E-state index is 13.7. The number of nitrogens with zero attached hydrogens (tertiary/aromatic N) is 2. The van der Waals surface area contributed by atoms with Crippen LogP contribution in [0.2, 0.25) is 0 Å². The summed E-state index contributed by atoms with van der Waals surface area (Å²) in [5.74, 6) is 0.836. The van der Waals surface area contributed by atoms with E-state index in [4.69, 9.17) is 4.74 Å². The number of hydrogen-bond donors (Lipinski definition) is 1. The Morgan fingerprint density at radius 3 is 2.96 bits per heavy atom. The molecule has 1 fully saturated rings. The first-order valence-electron chi connectivity index (χ1n) is 8.17. The van der Waals surface area contributed by atoms with Crippen LogP contribution in [0, 0.1) is 11.7 Å². The molecular weight excluding hydrogens is 309 g/mol. The van der Waals surface area contributed by atoms with Gasteiger partial charge in [-0.3, -0.25) is 9.55 Å². The van der Waals surface area contributed by atoms with Crippen LogP contribution in [0.3, 0.4) is 0 Å². The van der Waals surface area contributed by atoms with E-state index in [2.05, 4.69) is 9.97 Å². The largest absolute Gasteiger partial charge is 0.493 e. The summed E-state index contributed by atoms with van der Waals surface area (Å²) in [4.78, 5) is 19.3. The molecule has 0 aliphatic heterocycles. The van der Waals surface area contributed by atoms with E-state index in [1.807, 2.05) is 13.0 Å². The summed E-state index contributed by atoms with van der Waals surface area (Å²) in [5.41, 5.74) is 2.52. The standard InChI is InChI=1S/C18H18FN3O2/c1-2-24-16-6-5-13(19)8-14(16)12-7-15-17(20-9-12)21-18(23)22(15)10-11-3-4-11/h5-9,11H,2-4,10H2,1H3,(H,20,21,23). The number of H-pyrrole nitrogens is 1. The first kappa shape index (κ1) is 14.9. The summed E-state index contributed by atoms with van der Waals surface area (Å²) >= 11 is 0. The van der Waals surface area contributed by atoms with Crippen LogP contribution in [0.25, 0.3) is 22.3 Å². The van der Waals surface area contributed by atoms with E-state index >= 15 is 0 Å². The van der Waals surface area contributed by atoms with E-state index in [9.17, 15) is 9.18 Å². The molecule has 5 nitrogen and oxygen atoms in total. The Morgan fingerprint density at radius 2 is 2.21 bits per heavy atom. The number of aromatic nitrogens is 3. The summed E-state index contributed by atoms with van der Waals surface area (Å²) in [6.07, 6.45) is 3.95. The third-order valence-electron chi connectivity index (χ3n) is 4.32. The molecule has 0 bridgehead atoms. The van der Waals surface area contributed by atoms with E-state index < -0.39 is 0 Å². The van der Waals surface area contributed by atoms with Gasteiger partial charge in [0.15, 0.2) is 5.65 Å². The van der Waals surface area contributed by atoms with Crippen molar-refractivity contribution < 1.29 is 9.13 Å². The molecule has 0 saturated heterocycles. The number of rotatable bonds is 5. The van der Waals surface area contributed by atoms with Crippen LogP contribution in [0.4, 0.5) is 4.39 Å². The zero-order valence-electron chi connectivity index (χ0n) is 13.4. The topological polar surface area (TPSA) is 59.9 Å². The molecule has 0 spiro atoms. The first-order chi connectivity index (χ1) is 11.7. The van der Waals surface area contributed by atoms with Crippen molar-refractivity contribution in [1.29, 1.82) is 0 Å². The molecule has 1 saturated carbocycles. The minimum absolute atomic E-state index is 0.147. The van der Waals surface area contributed by atoms with Crippen LogP contribution in [0.1, 0.15) is 19.8 Å². The molecule has 124 valence electrons. The number of nitrogens with one attached hydrogen (secondary N) is 1. The Kier molecular flexibility index (Phi) is 3.59. The fourth-order valence-corrected chi connectivity index (χ4v) is 2.93. The van der Waals surface area contributed by atoms with Gasteiger partial charge in [-0.15, -0.1) is 0 Å². The van der Waals surface area contributed by atoms with Crippen molar-refractivity contribution in [1.82, 2.24) is 14.5 Å². The van der Waals surface area contributed by atoms with Gasteiger partial charge in [-0.1, -0.05) is 0 Å². The fourth-order valence-electron chi connectivity index (χ4n) is 2.93. The molecule has 24 heavy (non-hydrogen) atoms. The summed E-state index contributed by atoms with van der Waals surface area (Å²) < 4.78 is 21.0. The number of imidazole rings is 1. The molecule has 1 N–H and O–H groups in total. The van der Waals surface area contributed by atoms with Crippen molar-refractivity contribution in [2.45, 2.75) is 26.3 Å². The van der Waals surface area contributed by atoms with Gasteiger partial charge in [-0.05, 0) is 49.9 Å². The van der Waals surface area contributed by atoms with Crippen LogP contribution in [-0.2, 0) is 6.54 Å². The van der Waals surface area contributed by atoms with Gasteiger partial charge in [-0.2, -0.15) is 0 Å². The average Bonchev–Trinajstić information content (AvgIpc) is 3.33. The van der Waals surface area contributed by atoms with Crippen LogP contribution in [-0.4, -0.2) is 21.1 Å². The lowest BCUT2D eigenvalue weighted by Crippen LogP contribution is -2.17. The summed E-state index contributed by atoms with van der Waals surface area (Å²) in [6, 6.07) is 6.30. The lowest BCUT2D eigenvalue weighted by Gasteiger charge is -2.11. The maximum absolute atomic E-state index is 13.7. The highest BCUT2D eigenvalue weighted by Gasteiger charge is 2.24. The van der Waals surface area contributed by atoms with E-state index in [1.165, 1.54) is 12.1 Å². The van der Waals surface area contributed by atoms with Crippen molar-refractivity contribution in [3.05, 3.63) is 46.8 Å². The molecule has 1 aliphatic carbocycles. The lowest BCUT2D eigenvalue weighted by molar-refractivity contribution is 0.341. The van der Waals surface area contributed by atoms with Gasteiger partial charge in [0, 0.05) is 23.9 Å². The normalized spacial score (nSPS) is 14.2. The van der Waals surface area contributed by atoms with E-state index in [-0.39, 0.29) is 11.5 Å². The number of aromatic amines is 1. The van der Waals surface area contributed by atoms with Crippen LogP contribution < -0.4 is 10.4 Å². The molecule has 0 atom stereocenters. The Labute approximate surface area is 138 Å². The molecular formula is C18H18FN3O2. The summed E-state index contributed by atoms with van der Waals surface area (Å²) in [5, 5.41) is 0. The van der Waals surface area contributed by atoms with Gasteiger partial charge >= 0.3 is 5.69 Å².